The average molecular weight is 161 g/mol. The van der Waals surface area contributed by atoms with Crippen LogP contribution in [0.25, 0.3) is 0 Å². The smallest absolute Gasteiger partial charge is 0.310 e. The van der Waals surface area contributed by atoms with Crippen molar-refractivity contribution >= 4 is 5.97 Å². The topological polar surface area (TPSA) is 40.5 Å². The van der Waals surface area contributed by atoms with Crippen molar-refractivity contribution in [2.24, 2.45) is 5.92 Å². The largest absolute Gasteiger partial charge is 0.481 e. The van der Waals surface area contributed by atoms with Crippen molar-refractivity contribution in [2.45, 2.75) is 12.6 Å². The number of alkyl halides is 1. The first-order valence-corrected chi connectivity index (χ1v) is 3.66. The molecule has 0 spiro atoms. The van der Waals surface area contributed by atoms with Gasteiger partial charge in [-0.3, -0.25) is 4.79 Å². The summed E-state index contributed by atoms with van der Waals surface area (Å²) in [6, 6.07) is 0. The van der Waals surface area contributed by atoms with E-state index in [4.69, 9.17) is 5.11 Å². The first-order chi connectivity index (χ1) is 5.11. The van der Waals surface area contributed by atoms with Crippen LogP contribution in [0.1, 0.15) is 6.42 Å². The second-order valence-electron chi connectivity index (χ2n) is 3.01. The molecule has 0 bridgehead atoms. The Labute approximate surface area is 64.8 Å². The van der Waals surface area contributed by atoms with Gasteiger partial charge in [0.2, 0.25) is 0 Å². The van der Waals surface area contributed by atoms with Crippen molar-refractivity contribution in [3.05, 3.63) is 0 Å². The summed E-state index contributed by atoms with van der Waals surface area (Å²) in [6.07, 6.45) is -0.822. The van der Waals surface area contributed by atoms with Crippen molar-refractivity contribution in [1.29, 1.82) is 0 Å². The molecular weight excluding hydrogens is 149 g/mol. The molecule has 0 aromatic heterocycles. The molecule has 0 amide bonds. The molecule has 3 nitrogen and oxygen atoms in total. The Bertz CT molecular complexity index is 163. The van der Waals surface area contributed by atoms with Gasteiger partial charge in [0.25, 0.3) is 0 Å². The molecule has 0 aromatic rings. The molecule has 11 heavy (non-hydrogen) atoms. The Hall–Kier alpha value is -0.640. The molecule has 1 fully saturated rings. The fraction of sp³-hybridized carbons (Fsp3) is 0.857. The molecule has 1 saturated heterocycles. The number of carbonyl (C=O) groups is 1. The second-order valence-corrected chi connectivity index (χ2v) is 3.01. The van der Waals surface area contributed by atoms with Crippen molar-refractivity contribution in [3.8, 4) is 0 Å². The molecule has 0 aromatic carbocycles. The Morgan fingerprint density at radius 2 is 2.36 bits per heavy atom. The molecule has 1 rings (SSSR count). The minimum Gasteiger partial charge on any atom is -0.481 e. The Balaban J connectivity index is 2.54. The van der Waals surface area contributed by atoms with E-state index in [0.717, 1.165) is 0 Å². The molecule has 1 aliphatic heterocycles. The van der Waals surface area contributed by atoms with E-state index in [1.807, 2.05) is 11.9 Å². The number of piperidine rings is 1. The number of halogens is 1. The lowest BCUT2D eigenvalue weighted by molar-refractivity contribution is -0.146. The highest BCUT2D eigenvalue weighted by Gasteiger charge is 2.32. The molecule has 1 N–H and O–H groups in total. The third-order valence-corrected chi connectivity index (χ3v) is 2.05. The number of hydrogen-bond donors (Lipinski definition) is 1. The number of hydrogen-bond acceptors (Lipinski definition) is 2. The van der Waals surface area contributed by atoms with Gasteiger partial charge in [-0.05, 0) is 13.5 Å². The van der Waals surface area contributed by atoms with Crippen LogP contribution >= 0.6 is 0 Å². The monoisotopic (exact) mass is 161 g/mol. The number of likely N-dealkylation sites (tertiary alicyclic amines) is 1. The zero-order valence-electron chi connectivity index (χ0n) is 6.46. The minimum atomic E-state index is -1.16. The Morgan fingerprint density at radius 3 is 2.82 bits per heavy atom. The van der Waals surface area contributed by atoms with Crippen molar-refractivity contribution in [1.82, 2.24) is 4.90 Å². The van der Waals surface area contributed by atoms with Gasteiger partial charge in [-0.1, -0.05) is 0 Å². The molecule has 4 heteroatoms. The average Bonchev–Trinajstić information content (AvgIpc) is 1.94. The van der Waals surface area contributed by atoms with Crippen LogP contribution in [0.2, 0.25) is 0 Å². The number of carboxylic acid groups (broad SMARTS) is 1. The second kappa shape index (κ2) is 3.17. The van der Waals surface area contributed by atoms with Crippen molar-refractivity contribution in [3.63, 3.8) is 0 Å². The maximum Gasteiger partial charge on any atom is 0.310 e. The summed E-state index contributed by atoms with van der Waals surface area (Å²) < 4.78 is 12.9. The van der Waals surface area contributed by atoms with Crippen molar-refractivity contribution < 1.29 is 14.3 Å². The molecule has 0 unspecified atom stereocenters. The van der Waals surface area contributed by atoms with Crippen LogP contribution in [0.3, 0.4) is 0 Å². The quantitative estimate of drug-likeness (QED) is 0.603. The van der Waals surface area contributed by atoms with Gasteiger partial charge in [0.15, 0.2) is 0 Å². The lowest BCUT2D eigenvalue weighted by Gasteiger charge is -2.29. The maximum absolute atomic E-state index is 12.9. The first-order valence-electron chi connectivity index (χ1n) is 3.66. The fourth-order valence-corrected chi connectivity index (χ4v) is 1.32. The summed E-state index contributed by atoms with van der Waals surface area (Å²) in [5.74, 6) is -1.85. The summed E-state index contributed by atoms with van der Waals surface area (Å²) in [5.41, 5.74) is 0. The summed E-state index contributed by atoms with van der Waals surface area (Å²) in [5, 5.41) is 8.56. The van der Waals surface area contributed by atoms with Gasteiger partial charge >= 0.3 is 5.97 Å². The van der Waals surface area contributed by atoms with Crippen LogP contribution in [0.15, 0.2) is 0 Å². The summed E-state index contributed by atoms with van der Waals surface area (Å²) in [4.78, 5) is 12.3. The molecule has 64 valence electrons. The van der Waals surface area contributed by atoms with Crippen LogP contribution in [-0.2, 0) is 4.79 Å². The highest BCUT2D eigenvalue weighted by Crippen LogP contribution is 2.18. The minimum absolute atomic E-state index is 0.330. The summed E-state index contributed by atoms with van der Waals surface area (Å²) >= 11 is 0. The Kier molecular flexibility index (Phi) is 2.44. The standard InChI is InChI=1S/C7H12FNO2/c1-9-3-2-6(8)5(4-9)7(10)11/h5-6H,2-4H2,1H3,(H,10,11)/t5-,6+/m0/s1. The Morgan fingerprint density at radius 1 is 1.73 bits per heavy atom. The van der Waals surface area contributed by atoms with E-state index in [-0.39, 0.29) is 0 Å². The number of rotatable bonds is 1. The normalized spacial score (nSPS) is 33.6. The van der Waals surface area contributed by atoms with E-state index >= 15 is 0 Å². The van der Waals surface area contributed by atoms with Crippen molar-refractivity contribution in [2.75, 3.05) is 20.1 Å². The predicted octanol–water partition coefficient (Wildman–Crippen LogP) is 0.361. The van der Waals surface area contributed by atoms with E-state index in [1.54, 1.807) is 0 Å². The van der Waals surface area contributed by atoms with Crippen LogP contribution in [0.5, 0.6) is 0 Å². The lowest BCUT2D eigenvalue weighted by atomic mass is 9.97. The highest BCUT2D eigenvalue weighted by molar-refractivity contribution is 5.71. The van der Waals surface area contributed by atoms with Gasteiger partial charge in [-0.25, -0.2) is 4.39 Å². The van der Waals surface area contributed by atoms with Gasteiger partial charge in [0, 0.05) is 13.1 Å². The van der Waals surface area contributed by atoms with E-state index in [1.165, 1.54) is 0 Å². The van der Waals surface area contributed by atoms with E-state index < -0.39 is 18.1 Å². The summed E-state index contributed by atoms with van der Waals surface area (Å²) in [7, 11) is 1.81. The fourth-order valence-electron chi connectivity index (χ4n) is 1.32. The number of nitrogens with zero attached hydrogens (tertiary/aromatic N) is 1. The number of carboxylic acids is 1. The molecular formula is C7H12FNO2. The third-order valence-electron chi connectivity index (χ3n) is 2.05. The molecule has 0 aliphatic carbocycles. The van der Waals surface area contributed by atoms with Gasteiger partial charge in [0.05, 0.1) is 0 Å². The van der Waals surface area contributed by atoms with Gasteiger partial charge in [-0.2, -0.15) is 0 Å². The molecule has 2 atom stereocenters. The number of aliphatic carboxylic acids is 1. The molecule has 0 radical (unpaired) electrons. The van der Waals surface area contributed by atoms with E-state index in [9.17, 15) is 9.18 Å². The maximum atomic E-state index is 12.9. The van der Waals surface area contributed by atoms with E-state index in [0.29, 0.717) is 19.5 Å². The van der Waals surface area contributed by atoms with Crippen LogP contribution in [-0.4, -0.2) is 42.3 Å². The third kappa shape index (κ3) is 1.89. The zero-order valence-corrected chi connectivity index (χ0v) is 6.46. The van der Waals surface area contributed by atoms with Crippen LogP contribution in [0.4, 0.5) is 4.39 Å². The highest BCUT2D eigenvalue weighted by atomic mass is 19.1. The zero-order chi connectivity index (χ0) is 8.43. The molecule has 1 heterocycles. The van der Waals surface area contributed by atoms with Gasteiger partial charge < -0.3 is 10.0 Å². The predicted molar refractivity (Wildman–Crippen MR) is 38.1 cm³/mol. The van der Waals surface area contributed by atoms with Gasteiger partial charge in [0.1, 0.15) is 12.1 Å². The SMILES string of the molecule is CN1CC[C@@H](F)[C@@H](C(=O)O)C1. The summed E-state index contributed by atoms with van der Waals surface area (Å²) in [6.45, 7) is 0.988. The van der Waals surface area contributed by atoms with Gasteiger partial charge in [-0.15, -0.1) is 0 Å². The van der Waals surface area contributed by atoms with Crippen LogP contribution in [0, 0.1) is 5.92 Å². The first kappa shape index (κ1) is 8.46. The lowest BCUT2D eigenvalue weighted by Crippen LogP contribution is -2.42. The van der Waals surface area contributed by atoms with E-state index in [2.05, 4.69) is 0 Å². The molecule has 1 aliphatic rings. The van der Waals surface area contributed by atoms with Crippen LogP contribution < -0.4 is 0 Å². The molecule has 0 saturated carbocycles.